The van der Waals surface area contributed by atoms with Gasteiger partial charge in [0.25, 0.3) is 0 Å². The average molecular weight is 346 g/mol. The van der Waals surface area contributed by atoms with Gasteiger partial charge in [0.05, 0.1) is 5.52 Å². The fourth-order valence-electron chi connectivity index (χ4n) is 2.58. The van der Waals surface area contributed by atoms with E-state index < -0.39 is 6.11 Å². The summed E-state index contributed by atoms with van der Waals surface area (Å²) in [5.74, 6) is 0.738. The molecule has 0 bridgehead atoms. The molecule has 0 aliphatic rings. The summed E-state index contributed by atoms with van der Waals surface area (Å²) in [6, 6.07) is 4.90. The highest BCUT2D eigenvalue weighted by molar-refractivity contribution is 5.90. The van der Waals surface area contributed by atoms with Gasteiger partial charge in [0.15, 0.2) is 0 Å². The minimum atomic E-state index is -3.22. The molecule has 3 nitrogen and oxygen atoms in total. The molecule has 0 saturated carbocycles. The van der Waals surface area contributed by atoms with Gasteiger partial charge in [0.2, 0.25) is 0 Å². The van der Waals surface area contributed by atoms with Gasteiger partial charge in [-0.3, -0.25) is 0 Å². The Kier molecular flexibility index (Phi) is 6.02. The van der Waals surface area contributed by atoms with Crippen molar-refractivity contribution >= 4 is 16.7 Å². The van der Waals surface area contributed by atoms with E-state index in [4.69, 9.17) is 5.73 Å². The Morgan fingerprint density at radius 3 is 2.48 bits per heavy atom. The molecule has 0 spiro atoms. The topological polar surface area (TPSA) is 40.2 Å². The standard InChI is InChI=1S/C20H24F2N2O/c1-4-5-6-7-8-9-10-13-24-18-14-16(25-20(3,21)22)11-12-17(18)15(2)19(24)23/h5-12,14H,4,13,23H2,1-3H3/b6-5-,8-7-,10-9+. The summed E-state index contributed by atoms with van der Waals surface area (Å²) in [4.78, 5) is 0. The lowest BCUT2D eigenvalue weighted by atomic mass is 10.2. The Hall–Kier alpha value is -2.56. The number of ether oxygens (including phenoxy) is 1. The summed E-state index contributed by atoms with van der Waals surface area (Å²) in [5, 5.41) is 0.930. The van der Waals surface area contributed by atoms with Gasteiger partial charge in [0.1, 0.15) is 11.6 Å². The zero-order chi connectivity index (χ0) is 18.4. The fraction of sp³-hybridized carbons (Fsp3) is 0.300. The first-order chi connectivity index (χ1) is 11.8. The number of nitrogens with two attached hydrogens (primary N) is 1. The number of benzene rings is 1. The van der Waals surface area contributed by atoms with Crippen molar-refractivity contribution in [2.75, 3.05) is 5.73 Å². The maximum Gasteiger partial charge on any atom is 0.394 e. The van der Waals surface area contributed by atoms with E-state index in [1.54, 1.807) is 12.1 Å². The summed E-state index contributed by atoms with van der Waals surface area (Å²) in [5.41, 5.74) is 7.89. The lowest BCUT2D eigenvalue weighted by Gasteiger charge is -2.13. The average Bonchev–Trinajstić information content (AvgIpc) is 2.77. The normalized spacial score (nSPS) is 13.0. The van der Waals surface area contributed by atoms with Crippen molar-refractivity contribution in [2.45, 2.75) is 39.8 Å². The number of hydrogen-bond donors (Lipinski definition) is 1. The van der Waals surface area contributed by atoms with E-state index in [9.17, 15) is 8.78 Å². The van der Waals surface area contributed by atoms with E-state index >= 15 is 0 Å². The number of fused-ring (bicyclic) bond motifs is 1. The van der Waals surface area contributed by atoms with Crippen LogP contribution in [0.1, 0.15) is 25.8 Å². The Morgan fingerprint density at radius 1 is 1.16 bits per heavy atom. The van der Waals surface area contributed by atoms with Crippen LogP contribution in [-0.4, -0.2) is 10.7 Å². The van der Waals surface area contributed by atoms with Crippen molar-refractivity contribution in [1.29, 1.82) is 0 Å². The number of aromatic nitrogens is 1. The highest BCUT2D eigenvalue weighted by Gasteiger charge is 2.23. The van der Waals surface area contributed by atoms with Crippen LogP contribution in [0.5, 0.6) is 5.75 Å². The first-order valence-electron chi connectivity index (χ1n) is 8.27. The molecule has 2 aromatic rings. The first kappa shape index (κ1) is 18.8. The molecule has 5 heteroatoms. The number of nitrogens with zero attached hydrogens (tertiary/aromatic N) is 1. The van der Waals surface area contributed by atoms with Crippen molar-refractivity contribution in [2.24, 2.45) is 0 Å². The minimum Gasteiger partial charge on any atom is -0.433 e. The number of alkyl halides is 2. The van der Waals surface area contributed by atoms with Crippen LogP contribution in [0.2, 0.25) is 0 Å². The number of hydrogen-bond acceptors (Lipinski definition) is 2. The van der Waals surface area contributed by atoms with Crippen molar-refractivity contribution in [3.8, 4) is 5.75 Å². The molecule has 0 unspecified atom stereocenters. The second-order valence-electron chi connectivity index (χ2n) is 5.86. The number of allylic oxidation sites excluding steroid dienone is 6. The molecule has 2 rings (SSSR count). The highest BCUT2D eigenvalue weighted by atomic mass is 19.3. The monoisotopic (exact) mass is 346 g/mol. The molecule has 0 atom stereocenters. The quantitative estimate of drug-likeness (QED) is 0.663. The molecular weight excluding hydrogens is 322 g/mol. The summed E-state index contributed by atoms with van der Waals surface area (Å²) in [6.07, 6.45) is 9.63. The molecular formula is C20H24F2N2O. The van der Waals surface area contributed by atoms with Gasteiger partial charge < -0.3 is 15.0 Å². The molecule has 1 aromatic carbocycles. The Labute approximate surface area is 147 Å². The van der Waals surface area contributed by atoms with Crippen LogP contribution in [0.25, 0.3) is 10.9 Å². The van der Waals surface area contributed by atoms with E-state index in [0.717, 1.165) is 29.8 Å². The number of rotatable bonds is 7. The lowest BCUT2D eigenvalue weighted by Crippen LogP contribution is -2.19. The summed E-state index contributed by atoms with van der Waals surface area (Å²) < 4.78 is 32.7. The van der Waals surface area contributed by atoms with E-state index in [-0.39, 0.29) is 5.75 Å². The van der Waals surface area contributed by atoms with Crippen LogP contribution in [0, 0.1) is 6.92 Å². The van der Waals surface area contributed by atoms with E-state index in [1.807, 2.05) is 41.9 Å². The summed E-state index contributed by atoms with van der Waals surface area (Å²) in [7, 11) is 0. The second-order valence-corrected chi connectivity index (χ2v) is 5.86. The van der Waals surface area contributed by atoms with E-state index in [0.29, 0.717) is 12.4 Å². The van der Waals surface area contributed by atoms with Crippen LogP contribution in [0.15, 0.2) is 54.7 Å². The molecule has 0 aliphatic carbocycles. The molecule has 134 valence electrons. The molecule has 25 heavy (non-hydrogen) atoms. The number of anilines is 1. The third-order valence-corrected chi connectivity index (χ3v) is 3.77. The zero-order valence-corrected chi connectivity index (χ0v) is 14.8. The predicted octanol–water partition coefficient (Wildman–Crippen LogP) is 5.60. The third-order valence-electron chi connectivity index (χ3n) is 3.77. The molecule has 0 fully saturated rings. The van der Waals surface area contributed by atoms with Crippen LogP contribution in [0.3, 0.4) is 0 Å². The predicted molar refractivity (Wildman–Crippen MR) is 100 cm³/mol. The summed E-state index contributed by atoms with van der Waals surface area (Å²) >= 11 is 0. The largest absolute Gasteiger partial charge is 0.433 e. The highest BCUT2D eigenvalue weighted by Crippen LogP contribution is 2.32. The minimum absolute atomic E-state index is 0.118. The van der Waals surface area contributed by atoms with Gasteiger partial charge in [0, 0.05) is 24.9 Å². The lowest BCUT2D eigenvalue weighted by molar-refractivity contribution is -0.158. The van der Waals surface area contributed by atoms with Crippen LogP contribution < -0.4 is 10.5 Å². The summed E-state index contributed by atoms with van der Waals surface area (Å²) in [6.45, 7) is 5.26. The Morgan fingerprint density at radius 2 is 1.84 bits per heavy atom. The molecule has 0 amide bonds. The van der Waals surface area contributed by atoms with Crippen molar-refractivity contribution in [3.63, 3.8) is 0 Å². The first-order valence-corrected chi connectivity index (χ1v) is 8.27. The number of nitrogen functional groups attached to an aromatic ring is 1. The van der Waals surface area contributed by atoms with Crippen LogP contribution >= 0.6 is 0 Å². The second kappa shape index (κ2) is 8.01. The maximum atomic E-state index is 13.1. The molecule has 1 heterocycles. The van der Waals surface area contributed by atoms with Crippen molar-refractivity contribution in [1.82, 2.24) is 4.57 Å². The van der Waals surface area contributed by atoms with Gasteiger partial charge in [-0.05, 0) is 31.0 Å². The Bertz CT molecular complexity index is 811. The van der Waals surface area contributed by atoms with E-state index in [1.165, 1.54) is 6.07 Å². The number of halogens is 2. The third kappa shape index (κ3) is 4.95. The van der Waals surface area contributed by atoms with Crippen LogP contribution in [0.4, 0.5) is 14.6 Å². The SMILES string of the molecule is CC\C=C/C=C\C=C\Cn1c(N)c(C)c2ccc(OC(C)(F)F)cc21. The van der Waals surface area contributed by atoms with Gasteiger partial charge in [-0.25, -0.2) is 0 Å². The molecule has 0 radical (unpaired) electrons. The Balaban J connectivity index is 2.27. The number of aryl methyl sites for hydroxylation is 1. The van der Waals surface area contributed by atoms with Crippen molar-refractivity contribution < 1.29 is 13.5 Å². The smallest absolute Gasteiger partial charge is 0.394 e. The molecule has 0 saturated heterocycles. The maximum absolute atomic E-state index is 13.1. The van der Waals surface area contributed by atoms with Crippen LogP contribution in [-0.2, 0) is 6.54 Å². The zero-order valence-electron chi connectivity index (χ0n) is 14.8. The van der Waals surface area contributed by atoms with Gasteiger partial charge in [-0.2, -0.15) is 8.78 Å². The molecule has 2 N–H and O–H groups in total. The molecule has 1 aromatic heterocycles. The van der Waals surface area contributed by atoms with Crippen molar-refractivity contribution in [3.05, 3.63) is 60.2 Å². The van der Waals surface area contributed by atoms with Gasteiger partial charge >= 0.3 is 6.11 Å². The van der Waals surface area contributed by atoms with Gasteiger partial charge in [-0.1, -0.05) is 43.4 Å². The van der Waals surface area contributed by atoms with E-state index in [2.05, 4.69) is 17.7 Å². The fourth-order valence-corrected chi connectivity index (χ4v) is 2.58. The molecule has 0 aliphatic heterocycles. The van der Waals surface area contributed by atoms with Gasteiger partial charge in [-0.15, -0.1) is 0 Å².